The molecule has 1 aliphatic rings. The highest BCUT2D eigenvalue weighted by Gasteiger charge is 2.12. The fourth-order valence-electron chi connectivity index (χ4n) is 1.24. The highest BCUT2D eigenvalue weighted by Crippen LogP contribution is 2.08. The zero-order valence-corrected chi connectivity index (χ0v) is 8.23. The maximum atomic E-state index is 5.64. The molecule has 0 spiro atoms. The van der Waals surface area contributed by atoms with E-state index in [1.54, 1.807) is 5.54 Å². The molecule has 0 saturated carbocycles. The van der Waals surface area contributed by atoms with Crippen molar-refractivity contribution in [1.29, 1.82) is 0 Å². The number of hydrogen-bond donors (Lipinski definition) is 1. The summed E-state index contributed by atoms with van der Waals surface area (Å²) in [6.45, 7) is 4.81. The van der Waals surface area contributed by atoms with E-state index in [0.717, 1.165) is 31.5 Å². The molecule has 70 valence electrons. The number of halogens is 1. The Kier molecular flexibility index (Phi) is 4.66. The first-order valence-corrected chi connectivity index (χ1v) is 4.84. The van der Waals surface area contributed by atoms with Crippen LogP contribution in [0, 0.1) is 0 Å². The summed E-state index contributed by atoms with van der Waals surface area (Å²) in [7, 11) is 0. The van der Waals surface area contributed by atoms with Crippen molar-refractivity contribution in [3.05, 3.63) is 11.1 Å². The first kappa shape index (κ1) is 10.0. The van der Waals surface area contributed by atoms with Crippen LogP contribution in [0.3, 0.4) is 0 Å². The summed E-state index contributed by atoms with van der Waals surface area (Å²) in [6, 6.07) is 0. The first-order valence-electron chi connectivity index (χ1n) is 4.41. The predicted octanol–water partition coefficient (Wildman–Crippen LogP) is 1.90. The van der Waals surface area contributed by atoms with Gasteiger partial charge in [-0.15, -0.1) is 0 Å². The third kappa shape index (κ3) is 3.57. The molecule has 2 nitrogen and oxygen atoms in total. The lowest BCUT2D eigenvalue weighted by atomic mass is 10.1. The summed E-state index contributed by atoms with van der Waals surface area (Å²) in [5.74, 6) is 0. The molecule has 0 radical (unpaired) electrons. The van der Waals surface area contributed by atoms with Gasteiger partial charge in [-0.25, -0.2) is 0 Å². The largest absolute Gasteiger partial charge is 0.374 e. The van der Waals surface area contributed by atoms with Crippen LogP contribution in [0.5, 0.6) is 0 Å². The summed E-state index contributed by atoms with van der Waals surface area (Å²) in [5, 5.41) is 3.30. The van der Waals surface area contributed by atoms with Crippen LogP contribution in [0.4, 0.5) is 0 Å². The van der Waals surface area contributed by atoms with Gasteiger partial charge in [0.2, 0.25) is 0 Å². The Morgan fingerprint density at radius 2 is 2.25 bits per heavy atom. The Balaban J connectivity index is 2.13. The number of ether oxygens (including phenoxy) is 1. The second-order valence-electron chi connectivity index (χ2n) is 3.22. The van der Waals surface area contributed by atoms with Gasteiger partial charge < -0.3 is 10.1 Å². The zero-order chi connectivity index (χ0) is 8.81. The van der Waals surface area contributed by atoms with Crippen molar-refractivity contribution in [3.8, 4) is 0 Å². The van der Waals surface area contributed by atoms with Crippen molar-refractivity contribution >= 4 is 11.6 Å². The molecule has 3 heteroatoms. The summed E-state index contributed by atoms with van der Waals surface area (Å²) in [5.41, 5.74) is 2.68. The van der Waals surface area contributed by atoms with E-state index in [1.807, 2.05) is 6.92 Å². The van der Waals surface area contributed by atoms with E-state index in [4.69, 9.17) is 16.3 Å². The van der Waals surface area contributed by atoms with Crippen LogP contribution in [0.1, 0.15) is 19.8 Å². The van der Waals surface area contributed by atoms with E-state index in [0.29, 0.717) is 12.7 Å². The van der Waals surface area contributed by atoms with Gasteiger partial charge in [0, 0.05) is 5.54 Å². The molecule has 0 aliphatic carbocycles. The second kappa shape index (κ2) is 5.57. The average Bonchev–Trinajstić information content (AvgIpc) is 2.16. The van der Waals surface area contributed by atoms with Crippen molar-refractivity contribution in [3.63, 3.8) is 0 Å². The summed E-state index contributed by atoms with van der Waals surface area (Å²) < 4.78 is 5.64. The molecule has 1 fully saturated rings. The molecule has 0 aromatic heterocycles. The topological polar surface area (TPSA) is 21.3 Å². The summed E-state index contributed by atoms with van der Waals surface area (Å²) in [4.78, 5) is 0. The minimum atomic E-state index is 0.429. The van der Waals surface area contributed by atoms with Crippen molar-refractivity contribution in [2.24, 2.45) is 0 Å². The van der Waals surface area contributed by atoms with Gasteiger partial charge in [-0.05, 0) is 38.4 Å². The molecule has 1 aliphatic heterocycles. The maximum Gasteiger partial charge on any atom is 0.0689 e. The average molecular weight is 190 g/mol. The lowest BCUT2D eigenvalue weighted by molar-refractivity contribution is 0.0476. The van der Waals surface area contributed by atoms with Crippen molar-refractivity contribution in [2.75, 3.05) is 19.7 Å². The molecule has 1 heterocycles. The molecule has 0 amide bonds. The molecule has 0 atom stereocenters. The quantitative estimate of drug-likeness (QED) is 0.733. The van der Waals surface area contributed by atoms with Gasteiger partial charge in [-0.3, -0.25) is 0 Å². The Morgan fingerprint density at radius 3 is 2.83 bits per heavy atom. The number of rotatable bonds is 3. The molecule has 0 aromatic rings. The molecule has 1 N–H and O–H groups in total. The van der Waals surface area contributed by atoms with Gasteiger partial charge in [0.1, 0.15) is 0 Å². The monoisotopic (exact) mass is 189 g/mol. The van der Waals surface area contributed by atoms with E-state index in [1.165, 1.54) is 0 Å². The molecule has 1 rings (SSSR count). The van der Waals surface area contributed by atoms with E-state index in [2.05, 4.69) is 5.32 Å². The van der Waals surface area contributed by atoms with E-state index in [-0.39, 0.29) is 0 Å². The normalized spacial score (nSPS) is 21.3. The minimum absolute atomic E-state index is 0.429. The van der Waals surface area contributed by atoms with Gasteiger partial charge >= 0.3 is 0 Å². The van der Waals surface area contributed by atoms with E-state index < -0.39 is 0 Å². The summed E-state index contributed by atoms with van der Waals surface area (Å²) in [6.07, 6.45) is 2.67. The molecule has 12 heavy (non-hydrogen) atoms. The fourth-order valence-corrected chi connectivity index (χ4v) is 1.31. The van der Waals surface area contributed by atoms with Crippen molar-refractivity contribution in [2.45, 2.75) is 25.9 Å². The first-order chi connectivity index (χ1) is 5.83. The molecular formula is C9H16ClNO. The van der Waals surface area contributed by atoms with Crippen LogP contribution in [-0.4, -0.2) is 25.8 Å². The van der Waals surface area contributed by atoms with Crippen LogP contribution in [0.25, 0.3) is 0 Å². The van der Waals surface area contributed by atoms with Crippen molar-refractivity contribution in [1.82, 2.24) is 5.32 Å². The summed E-state index contributed by atoms with van der Waals surface area (Å²) >= 11 is 5.52. The minimum Gasteiger partial charge on any atom is -0.374 e. The highest BCUT2D eigenvalue weighted by molar-refractivity contribution is 6.25. The maximum absolute atomic E-state index is 5.64. The van der Waals surface area contributed by atoms with Crippen LogP contribution in [0.15, 0.2) is 11.1 Å². The van der Waals surface area contributed by atoms with E-state index in [9.17, 15) is 0 Å². The zero-order valence-electron chi connectivity index (χ0n) is 7.48. The third-order valence-corrected chi connectivity index (χ3v) is 2.39. The number of piperidine rings is 1. The molecule has 0 unspecified atom stereocenters. The van der Waals surface area contributed by atoms with Crippen LogP contribution < -0.4 is 5.32 Å². The SMILES string of the molecule is CC(=CCl)COC1CCNCC1. The van der Waals surface area contributed by atoms with Gasteiger partial charge in [0.05, 0.1) is 12.7 Å². The third-order valence-electron chi connectivity index (χ3n) is 2.02. The lowest BCUT2D eigenvalue weighted by Gasteiger charge is -2.22. The smallest absolute Gasteiger partial charge is 0.0689 e. The number of hydrogen-bond acceptors (Lipinski definition) is 2. The molecular weight excluding hydrogens is 174 g/mol. The molecule has 0 aromatic carbocycles. The van der Waals surface area contributed by atoms with Crippen LogP contribution in [0.2, 0.25) is 0 Å². The molecule has 0 bridgehead atoms. The Morgan fingerprint density at radius 1 is 1.58 bits per heavy atom. The second-order valence-corrected chi connectivity index (χ2v) is 3.43. The van der Waals surface area contributed by atoms with Gasteiger partial charge in [0.15, 0.2) is 0 Å². The van der Waals surface area contributed by atoms with Crippen LogP contribution >= 0.6 is 11.6 Å². The number of nitrogens with one attached hydrogen (secondary N) is 1. The van der Waals surface area contributed by atoms with Gasteiger partial charge in [0.25, 0.3) is 0 Å². The Hall–Kier alpha value is -0.0500. The Bertz CT molecular complexity index is 153. The highest BCUT2D eigenvalue weighted by atomic mass is 35.5. The Labute approximate surface area is 78.9 Å². The van der Waals surface area contributed by atoms with E-state index >= 15 is 0 Å². The fraction of sp³-hybridized carbons (Fsp3) is 0.778. The van der Waals surface area contributed by atoms with Crippen molar-refractivity contribution < 1.29 is 4.74 Å². The lowest BCUT2D eigenvalue weighted by Crippen LogP contribution is -2.32. The van der Waals surface area contributed by atoms with Gasteiger partial charge in [-0.2, -0.15) is 0 Å². The standard InChI is InChI=1S/C9H16ClNO/c1-8(6-10)7-12-9-2-4-11-5-3-9/h6,9,11H,2-5,7H2,1H3. The predicted molar refractivity (Wildman–Crippen MR) is 51.5 cm³/mol. The van der Waals surface area contributed by atoms with Gasteiger partial charge in [-0.1, -0.05) is 11.6 Å². The molecule has 1 saturated heterocycles. The van der Waals surface area contributed by atoms with Crippen LogP contribution in [-0.2, 0) is 4.74 Å².